The van der Waals surface area contributed by atoms with Crippen molar-refractivity contribution in [1.29, 1.82) is 0 Å². The van der Waals surface area contributed by atoms with E-state index in [0.29, 0.717) is 6.61 Å². The molecule has 0 unspecified atom stereocenters. The molecule has 1 aromatic carbocycles. The van der Waals surface area contributed by atoms with Crippen LogP contribution >= 0.6 is 11.3 Å². The van der Waals surface area contributed by atoms with Gasteiger partial charge in [0, 0.05) is 56.8 Å². The third-order valence-electron chi connectivity index (χ3n) is 4.06. The first-order valence-electron chi connectivity index (χ1n) is 7.90. The molecule has 3 rings (SSSR count). The van der Waals surface area contributed by atoms with Crippen LogP contribution in [0.25, 0.3) is 10.6 Å². The third kappa shape index (κ3) is 4.14. The highest BCUT2D eigenvalue weighted by molar-refractivity contribution is 7.13. The fraction of sp³-hybridized carbons (Fsp3) is 0.471. The molecule has 118 valence electrons. The standard InChI is InChI=1S/C17H23N3OS/c21-12-4-7-19-8-10-20(11-9-19)13-16-14-22-17(18-16)15-5-2-1-3-6-15/h1-3,5-6,14,21H,4,7-13H2. The minimum absolute atomic E-state index is 0.293. The minimum atomic E-state index is 0.293. The second-order valence-corrected chi connectivity index (χ2v) is 6.56. The van der Waals surface area contributed by atoms with Crippen molar-refractivity contribution in [3.05, 3.63) is 41.4 Å². The summed E-state index contributed by atoms with van der Waals surface area (Å²) in [5.41, 5.74) is 2.38. The highest BCUT2D eigenvalue weighted by Gasteiger charge is 2.17. The molecule has 0 aliphatic carbocycles. The van der Waals surface area contributed by atoms with Crippen molar-refractivity contribution in [3.63, 3.8) is 0 Å². The lowest BCUT2D eigenvalue weighted by molar-refractivity contribution is 0.119. The molecule has 4 nitrogen and oxygen atoms in total. The molecule has 5 heteroatoms. The molecule has 1 aliphatic rings. The van der Waals surface area contributed by atoms with E-state index in [1.165, 1.54) is 11.3 Å². The van der Waals surface area contributed by atoms with Crippen LogP contribution in [0.3, 0.4) is 0 Å². The Morgan fingerprint density at radius 2 is 1.77 bits per heavy atom. The van der Waals surface area contributed by atoms with Gasteiger partial charge in [0.1, 0.15) is 5.01 Å². The highest BCUT2D eigenvalue weighted by atomic mass is 32.1. The van der Waals surface area contributed by atoms with Gasteiger partial charge in [-0.15, -0.1) is 11.3 Å². The van der Waals surface area contributed by atoms with Crippen LogP contribution in [-0.2, 0) is 6.54 Å². The summed E-state index contributed by atoms with van der Waals surface area (Å²) in [6.07, 6.45) is 0.881. The summed E-state index contributed by atoms with van der Waals surface area (Å²) in [6, 6.07) is 10.4. The zero-order valence-corrected chi connectivity index (χ0v) is 13.6. The topological polar surface area (TPSA) is 39.6 Å². The number of aliphatic hydroxyl groups is 1. The van der Waals surface area contributed by atoms with Crippen LogP contribution in [0.15, 0.2) is 35.7 Å². The molecule has 22 heavy (non-hydrogen) atoms. The average Bonchev–Trinajstić information content (AvgIpc) is 3.04. The van der Waals surface area contributed by atoms with Crippen LogP contribution in [-0.4, -0.2) is 59.2 Å². The lowest BCUT2D eigenvalue weighted by Crippen LogP contribution is -2.46. The quantitative estimate of drug-likeness (QED) is 0.887. The summed E-state index contributed by atoms with van der Waals surface area (Å²) >= 11 is 1.73. The maximum absolute atomic E-state index is 8.90. The molecule has 2 heterocycles. The SMILES string of the molecule is OCCCN1CCN(Cc2csc(-c3ccccc3)n2)CC1. The van der Waals surface area contributed by atoms with Crippen LogP contribution in [0.4, 0.5) is 0 Å². The summed E-state index contributed by atoms with van der Waals surface area (Å²) in [5.74, 6) is 0. The number of piperazine rings is 1. The van der Waals surface area contributed by atoms with Gasteiger partial charge >= 0.3 is 0 Å². The number of hydrogen-bond donors (Lipinski definition) is 1. The Kier molecular flexibility index (Phi) is 5.56. The van der Waals surface area contributed by atoms with E-state index in [1.807, 2.05) is 6.07 Å². The van der Waals surface area contributed by atoms with Gasteiger partial charge in [-0.05, 0) is 6.42 Å². The van der Waals surface area contributed by atoms with Crippen molar-refractivity contribution in [3.8, 4) is 10.6 Å². The first kappa shape index (κ1) is 15.6. The lowest BCUT2D eigenvalue weighted by Gasteiger charge is -2.34. The number of aliphatic hydroxyl groups excluding tert-OH is 1. The van der Waals surface area contributed by atoms with Crippen molar-refractivity contribution in [2.24, 2.45) is 0 Å². The Morgan fingerprint density at radius 3 is 2.50 bits per heavy atom. The zero-order valence-electron chi connectivity index (χ0n) is 12.8. The van der Waals surface area contributed by atoms with E-state index in [0.717, 1.165) is 50.7 Å². The molecular weight excluding hydrogens is 294 g/mol. The monoisotopic (exact) mass is 317 g/mol. The van der Waals surface area contributed by atoms with Crippen LogP contribution in [0, 0.1) is 0 Å². The molecule has 0 saturated carbocycles. The zero-order chi connectivity index (χ0) is 15.2. The van der Waals surface area contributed by atoms with Gasteiger partial charge in [0.2, 0.25) is 0 Å². The summed E-state index contributed by atoms with van der Waals surface area (Å²) in [5, 5.41) is 12.2. The van der Waals surface area contributed by atoms with E-state index >= 15 is 0 Å². The Morgan fingerprint density at radius 1 is 1.05 bits per heavy atom. The number of hydrogen-bond acceptors (Lipinski definition) is 5. The van der Waals surface area contributed by atoms with E-state index in [1.54, 1.807) is 11.3 Å². The van der Waals surface area contributed by atoms with Crippen molar-refractivity contribution in [1.82, 2.24) is 14.8 Å². The number of aromatic nitrogens is 1. The molecule has 2 aromatic rings. The van der Waals surface area contributed by atoms with Gasteiger partial charge in [-0.1, -0.05) is 30.3 Å². The average molecular weight is 317 g/mol. The third-order valence-corrected chi connectivity index (χ3v) is 5.00. The Hall–Kier alpha value is -1.27. The molecule has 1 saturated heterocycles. The smallest absolute Gasteiger partial charge is 0.123 e. The molecule has 1 fully saturated rings. The van der Waals surface area contributed by atoms with Gasteiger partial charge in [-0.2, -0.15) is 0 Å². The van der Waals surface area contributed by atoms with Gasteiger partial charge in [0.25, 0.3) is 0 Å². The number of benzene rings is 1. The van der Waals surface area contributed by atoms with Crippen molar-refractivity contribution >= 4 is 11.3 Å². The van der Waals surface area contributed by atoms with Gasteiger partial charge in [0.15, 0.2) is 0 Å². The molecule has 0 radical (unpaired) electrons. The lowest BCUT2D eigenvalue weighted by atomic mass is 10.2. The Bertz CT molecular complexity index is 564. The first-order chi connectivity index (χ1) is 10.8. The first-order valence-corrected chi connectivity index (χ1v) is 8.78. The maximum Gasteiger partial charge on any atom is 0.123 e. The van der Waals surface area contributed by atoms with Crippen molar-refractivity contribution in [2.45, 2.75) is 13.0 Å². The molecule has 0 atom stereocenters. The van der Waals surface area contributed by atoms with E-state index in [4.69, 9.17) is 10.1 Å². The van der Waals surface area contributed by atoms with Crippen LogP contribution in [0.1, 0.15) is 12.1 Å². The molecule has 0 spiro atoms. The summed E-state index contributed by atoms with van der Waals surface area (Å²) in [7, 11) is 0. The number of nitrogens with zero attached hydrogens (tertiary/aromatic N) is 3. The van der Waals surface area contributed by atoms with Crippen molar-refractivity contribution in [2.75, 3.05) is 39.3 Å². The van der Waals surface area contributed by atoms with Crippen molar-refractivity contribution < 1.29 is 5.11 Å². The molecular formula is C17H23N3OS. The van der Waals surface area contributed by atoms with E-state index in [2.05, 4.69) is 39.4 Å². The van der Waals surface area contributed by atoms with Crippen LogP contribution in [0.5, 0.6) is 0 Å². The number of rotatable bonds is 6. The second kappa shape index (κ2) is 7.83. The minimum Gasteiger partial charge on any atom is -0.396 e. The molecule has 0 amide bonds. The summed E-state index contributed by atoms with van der Waals surface area (Å²) < 4.78 is 0. The van der Waals surface area contributed by atoms with Crippen LogP contribution in [0.2, 0.25) is 0 Å². The Balaban J connectivity index is 1.51. The normalized spacial score (nSPS) is 17.0. The highest BCUT2D eigenvalue weighted by Crippen LogP contribution is 2.24. The van der Waals surface area contributed by atoms with Crippen LogP contribution < -0.4 is 0 Å². The molecule has 0 bridgehead atoms. The second-order valence-electron chi connectivity index (χ2n) is 5.70. The summed E-state index contributed by atoms with van der Waals surface area (Å²) in [4.78, 5) is 9.68. The van der Waals surface area contributed by atoms with Gasteiger partial charge < -0.3 is 10.0 Å². The fourth-order valence-electron chi connectivity index (χ4n) is 2.79. The Labute approximate surface area is 136 Å². The van der Waals surface area contributed by atoms with Gasteiger partial charge in [-0.3, -0.25) is 4.90 Å². The maximum atomic E-state index is 8.90. The molecule has 1 N–H and O–H groups in total. The van der Waals surface area contributed by atoms with E-state index in [9.17, 15) is 0 Å². The van der Waals surface area contributed by atoms with Gasteiger partial charge in [-0.25, -0.2) is 4.98 Å². The van der Waals surface area contributed by atoms with E-state index < -0.39 is 0 Å². The summed E-state index contributed by atoms with van der Waals surface area (Å²) in [6.45, 7) is 6.61. The van der Waals surface area contributed by atoms with Gasteiger partial charge in [0.05, 0.1) is 5.69 Å². The number of thiazole rings is 1. The largest absolute Gasteiger partial charge is 0.396 e. The fourth-order valence-corrected chi connectivity index (χ4v) is 3.60. The van der Waals surface area contributed by atoms with E-state index in [-0.39, 0.29) is 0 Å². The predicted molar refractivity (Wildman–Crippen MR) is 91.0 cm³/mol. The predicted octanol–water partition coefficient (Wildman–Crippen LogP) is 2.31. The molecule has 1 aromatic heterocycles. The molecule has 1 aliphatic heterocycles.